The van der Waals surface area contributed by atoms with Gasteiger partial charge in [-0.05, 0) is 43.4 Å². The molecule has 1 aliphatic heterocycles. The summed E-state index contributed by atoms with van der Waals surface area (Å²) in [6.45, 7) is 3.82. The van der Waals surface area contributed by atoms with Crippen molar-refractivity contribution in [3.63, 3.8) is 0 Å². The summed E-state index contributed by atoms with van der Waals surface area (Å²) in [6, 6.07) is 7.95. The topological polar surface area (TPSA) is 61.8 Å². The summed E-state index contributed by atoms with van der Waals surface area (Å²) >= 11 is 0. The van der Waals surface area contributed by atoms with Crippen LogP contribution in [-0.2, 0) is 6.42 Å². The maximum atomic E-state index is 12.1. The first-order chi connectivity index (χ1) is 11.2. The van der Waals surface area contributed by atoms with E-state index >= 15 is 0 Å². The van der Waals surface area contributed by atoms with Crippen LogP contribution in [0.15, 0.2) is 24.3 Å². The minimum absolute atomic E-state index is 0.0357. The lowest BCUT2D eigenvalue weighted by Crippen LogP contribution is -2.50. The molecule has 2 amide bonds. The molecule has 2 rings (SSSR count). The van der Waals surface area contributed by atoms with Crippen molar-refractivity contribution in [2.24, 2.45) is 0 Å². The number of rotatable bonds is 7. The first kappa shape index (κ1) is 17.6. The third-order valence-corrected chi connectivity index (χ3v) is 4.21. The number of aliphatic hydroxyl groups excluding tert-OH is 1. The van der Waals surface area contributed by atoms with Crippen LogP contribution in [0.2, 0.25) is 0 Å². The zero-order valence-electron chi connectivity index (χ0n) is 14.0. The minimum Gasteiger partial charge on any atom is -0.492 e. The van der Waals surface area contributed by atoms with Crippen molar-refractivity contribution in [2.75, 3.05) is 26.3 Å². The highest BCUT2D eigenvalue weighted by Crippen LogP contribution is 2.16. The zero-order chi connectivity index (χ0) is 16.5. The summed E-state index contributed by atoms with van der Waals surface area (Å²) in [5.74, 6) is 0.824. The molecule has 5 heteroatoms. The quantitative estimate of drug-likeness (QED) is 0.759. The number of piperidine rings is 1. The third-order valence-electron chi connectivity index (χ3n) is 4.21. The van der Waals surface area contributed by atoms with E-state index in [9.17, 15) is 9.90 Å². The molecule has 0 aromatic heterocycles. The highest BCUT2D eigenvalue weighted by molar-refractivity contribution is 5.74. The Kier molecular flexibility index (Phi) is 7.20. The fourth-order valence-electron chi connectivity index (χ4n) is 2.93. The second-order valence-corrected chi connectivity index (χ2v) is 6.00. The smallest absolute Gasteiger partial charge is 0.317 e. The number of nitrogens with one attached hydrogen (secondary N) is 1. The van der Waals surface area contributed by atoms with Crippen molar-refractivity contribution in [3.05, 3.63) is 29.8 Å². The number of carbonyl (C=O) groups is 1. The molecule has 1 fully saturated rings. The summed E-state index contributed by atoms with van der Waals surface area (Å²) in [7, 11) is 0. The Bertz CT molecular complexity index is 476. The number of hydrogen-bond acceptors (Lipinski definition) is 3. The van der Waals surface area contributed by atoms with Crippen LogP contribution >= 0.6 is 0 Å². The SMILES string of the molecule is CCCc1ccc(OCCNC(=O)N2CCCC[C@H]2CO)cc1. The van der Waals surface area contributed by atoms with Crippen LogP contribution in [0, 0.1) is 0 Å². The number of urea groups is 1. The van der Waals surface area contributed by atoms with Gasteiger partial charge in [0.1, 0.15) is 12.4 Å². The number of likely N-dealkylation sites (tertiary alicyclic amines) is 1. The van der Waals surface area contributed by atoms with Gasteiger partial charge in [0.15, 0.2) is 0 Å². The Morgan fingerprint density at radius 2 is 2.13 bits per heavy atom. The summed E-state index contributed by atoms with van der Waals surface area (Å²) in [4.78, 5) is 13.9. The van der Waals surface area contributed by atoms with Gasteiger partial charge in [-0.1, -0.05) is 25.5 Å². The van der Waals surface area contributed by atoms with Gasteiger partial charge in [-0.15, -0.1) is 0 Å². The maximum Gasteiger partial charge on any atom is 0.317 e. The van der Waals surface area contributed by atoms with Crippen molar-refractivity contribution >= 4 is 6.03 Å². The first-order valence-corrected chi connectivity index (χ1v) is 8.61. The normalized spacial score (nSPS) is 17.8. The monoisotopic (exact) mass is 320 g/mol. The van der Waals surface area contributed by atoms with Gasteiger partial charge in [0.05, 0.1) is 19.2 Å². The molecule has 1 aromatic carbocycles. The molecule has 23 heavy (non-hydrogen) atoms. The number of amides is 2. The molecule has 0 saturated carbocycles. The molecule has 0 radical (unpaired) electrons. The van der Waals surface area contributed by atoms with Gasteiger partial charge in [-0.2, -0.15) is 0 Å². The molecule has 1 atom stereocenters. The molecule has 0 aliphatic carbocycles. The van der Waals surface area contributed by atoms with Crippen LogP contribution in [-0.4, -0.2) is 48.4 Å². The molecule has 1 aliphatic rings. The summed E-state index contributed by atoms with van der Waals surface area (Å²) in [6.07, 6.45) is 5.18. The van der Waals surface area contributed by atoms with E-state index in [1.807, 2.05) is 12.1 Å². The Morgan fingerprint density at radius 3 is 2.83 bits per heavy atom. The average molecular weight is 320 g/mol. The molecule has 0 bridgehead atoms. The number of aryl methyl sites for hydroxylation is 1. The second kappa shape index (κ2) is 9.40. The Morgan fingerprint density at radius 1 is 1.35 bits per heavy atom. The van der Waals surface area contributed by atoms with E-state index in [-0.39, 0.29) is 18.7 Å². The van der Waals surface area contributed by atoms with Crippen LogP contribution in [0.1, 0.15) is 38.2 Å². The standard InChI is InChI=1S/C18H28N2O3/c1-2-5-15-7-9-17(10-8-15)23-13-11-19-18(22)20-12-4-3-6-16(20)14-21/h7-10,16,21H,2-6,11-14H2,1H3,(H,19,22)/t16-/m0/s1. The number of carbonyl (C=O) groups excluding carboxylic acids is 1. The minimum atomic E-state index is -0.106. The van der Waals surface area contributed by atoms with Crippen molar-refractivity contribution in [3.8, 4) is 5.75 Å². The number of hydrogen-bond donors (Lipinski definition) is 2. The molecule has 1 saturated heterocycles. The highest BCUT2D eigenvalue weighted by Gasteiger charge is 2.25. The number of benzene rings is 1. The third kappa shape index (κ3) is 5.43. The molecule has 1 aromatic rings. The molecular formula is C18H28N2O3. The highest BCUT2D eigenvalue weighted by atomic mass is 16.5. The van der Waals surface area contributed by atoms with Crippen molar-refractivity contribution < 1.29 is 14.6 Å². The molecule has 0 unspecified atom stereocenters. The predicted molar refractivity (Wildman–Crippen MR) is 90.8 cm³/mol. The molecule has 5 nitrogen and oxygen atoms in total. The zero-order valence-corrected chi connectivity index (χ0v) is 14.0. The summed E-state index contributed by atoms with van der Waals surface area (Å²) in [5.41, 5.74) is 1.31. The van der Waals surface area contributed by atoms with E-state index in [2.05, 4.69) is 24.4 Å². The van der Waals surface area contributed by atoms with Crippen LogP contribution < -0.4 is 10.1 Å². The van der Waals surface area contributed by atoms with Gasteiger partial charge in [-0.25, -0.2) is 4.79 Å². The Labute approximate surface area is 138 Å². The van der Waals surface area contributed by atoms with E-state index < -0.39 is 0 Å². The van der Waals surface area contributed by atoms with Crippen molar-refractivity contribution in [1.29, 1.82) is 0 Å². The number of aliphatic hydroxyl groups is 1. The first-order valence-electron chi connectivity index (χ1n) is 8.61. The molecule has 128 valence electrons. The van der Waals surface area contributed by atoms with Gasteiger partial charge in [0.2, 0.25) is 0 Å². The van der Waals surface area contributed by atoms with Crippen LogP contribution in [0.4, 0.5) is 4.79 Å². The van der Waals surface area contributed by atoms with Crippen LogP contribution in [0.25, 0.3) is 0 Å². The summed E-state index contributed by atoms with van der Waals surface area (Å²) < 4.78 is 5.65. The van der Waals surface area contributed by atoms with E-state index in [1.165, 1.54) is 5.56 Å². The molecule has 0 spiro atoms. The molecule has 1 heterocycles. The fourth-order valence-corrected chi connectivity index (χ4v) is 2.93. The lowest BCUT2D eigenvalue weighted by atomic mass is 10.0. The lowest BCUT2D eigenvalue weighted by Gasteiger charge is -2.34. The predicted octanol–water partition coefficient (Wildman–Crippen LogP) is 2.57. The number of ether oxygens (including phenoxy) is 1. The van der Waals surface area contributed by atoms with Crippen molar-refractivity contribution in [1.82, 2.24) is 10.2 Å². The molecule has 2 N–H and O–H groups in total. The fraction of sp³-hybridized carbons (Fsp3) is 0.611. The van der Waals surface area contributed by atoms with E-state index in [1.54, 1.807) is 4.90 Å². The largest absolute Gasteiger partial charge is 0.492 e. The van der Waals surface area contributed by atoms with E-state index in [0.717, 1.165) is 44.4 Å². The van der Waals surface area contributed by atoms with Crippen LogP contribution in [0.3, 0.4) is 0 Å². The van der Waals surface area contributed by atoms with Gasteiger partial charge >= 0.3 is 6.03 Å². The van der Waals surface area contributed by atoms with Gasteiger partial charge in [0.25, 0.3) is 0 Å². The van der Waals surface area contributed by atoms with Crippen LogP contribution in [0.5, 0.6) is 5.75 Å². The average Bonchev–Trinajstić information content (AvgIpc) is 2.60. The Balaban J connectivity index is 1.69. The van der Waals surface area contributed by atoms with E-state index in [0.29, 0.717) is 13.2 Å². The van der Waals surface area contributed by atoms with Gasteiger partial charge in [0, 0.05) is 6.54 Å². The van der Waals surface area contributed by atoms with E-state index in [4.69, 9.17) is 4.74 Å². The Hall–Kier alpha value is -1.75. The van der Waals surface area contributed by atoms with Gasteiger partial charge < -0.3 is 20.1 Å². The maximum absolute atomic E-state index is 12.1. The van der Waals surface area contributed by atoms with Gasteiger partial charge in [-0.3, -0.25) is 0 Å². The lowest BCUT2D eigenvalue weighted by molar-refractivity contribution is 0.107. The molecular weight excluding hydrogens is 292 g/mol. The number of nitrogens with zero attached hydrogens (tertiary/aromatic N) is 1. The second-order valence-electron chi connectivity index (χ2n) is 6.00. The summed E-state index contributed by atoms with van der Waals surface area (Å²) in [5, 5.41) is 12.2. The van der Waals surface area contributed by atoms with Crippen molar-refractivity contribution in [2.45, 2.75) is 45.1 Å².